The Bertz CT molecular complexity index is 575. The molecule has 0 fully saturated rings. The van der Waals surface area contributed by atoms with E-state index in [2.05, 4.69) is 9.97 Å². The van der Waals surface area contributed by atoms with Crippen LogP contribution in [0.4, 0.5) is 10.1 Å². The van der Waals surface area contributed by atoms with Gasteiger partial charge in [0, 0.05) is 18.0 Å². The summed E-state index contributed by atoms with van der Waals surface area (Å²) in [6.45, 7) is 0. The number of aromatic nitrogens is 2. The molecule has 0 aliphatic carbocycles. The van der Waals surface area contributed by atoms with Crippen molar-refractivity contribution in [2.75, 3.05) is 5.73 Å². The third kappa shape index (κ3) is 2.12. The second-order valence-corrected chi connectivity index (χ2v) is 4.37. The number of nitrogens with two attached hydrogens (primary N) is 2. The summed E-state index contributed by atoms with van der Waals surface area (Å²) in [6, 6.07) is 4.34. The first-order valence-corrected chi connectivity index (χ1v) is 5.69. The van der Waals surface area contributed by atoms with Crippen LogP contribution in [0.25, 0.3) is 0 Å². The Balaban J connectivity index is 2.58. The van der Waals surface area contributed by atoms with Gasteiger partial charge >= 0.3 is 0 Å². The topological polar surface area (TPSA) is 77.8 Å². The van der Waals surface area contributed by atoms with Crippen molar-refractivity contribution in [2.45, 2.75) is 5.79 Å². The molecule has 0 saturated carbocycles. The van der Waals surface area contributed by atoms with Crippen LogP contribution in [0.15, 0.2) is 30.6 Å². The summed E-state index contributed by atoms with van der Waals surface area (Å²) in [5.74, 6) is -2.64. The van der Waals surface area contributed by atoms with Crippen LogP contribution in [0.5, 0.6) is 0 Å². The number of hydrogen-bond acceptors (Lipinski definition) is 4. The van der Waals surface area contributed by atoms with Crippen LogP contribution in [0.2, 0.25) is 10.0 Å². The summed E-state index contributed by atoms with van der Waals surface area (Å²) in [5, 5.41) is 0.00620. The Kier molecular flexibility index (Phi) is 3.38. The standard InChI is InChI=1S/C11H9Cl2FN4/c12-8-6(2-3-7(15)9(8)13)11(14,16)10-17-4-1-5-18-10/h1-5H,15-16H2/t11-/m1/s1. The zero-order valence-electron chi connectivity index (χ0n) is 9.07. The van der Waals surface area contributed by atoms with Crippen molar-refractivity contribution in [1.82, 2.24) is 9.97 Å². The van der Waals surface area contributed by atoms with Gasteiger partial charge in [0.25, 0.3) is 0 Å². The minimum atomic E-state index is -2.43. The van der Waals surface area contributed by atoms with Crippen LogP contribution in [-0.4, -0.2) is 9.97 Å². The van der Waals surface area contributed by atoms with Gasteiger partial charge in [0.2, 0.25) is 5.79 Å². The van der Waals surface area contributed by atoms with Gasteiger partial charge in [-0.15, -0.1) is 0 Å². The Morgan fingerprint density at radius 3 is 2.33 bits per heavy atom. The fourth-order valence-electron chi connectivity index (χ4n) is 1.45. The highest BCUT2D eigenvalue weighted by atomic mass is 35.5. The minimum absolute atomic E-state index is 0.0328. The molecule has 0 amide bonds. The maximum absolute atomic E-state index is 14.6. The maximum atomic E-state index is 14.6. The molecule has 7 heteroatoms. The van der Waals surface area contributed by atoms with Crippen LogP contribution < -0.4 is 11.5 Å². The predicted octanol–water partition coefficient (Wildman–Crippen LogP) is 2.49. The molecule has 1 atom stereocenters. The first-order valence-electron chi connectivity index (χ1n) is 4.94. The Hall–Kier alpha value is -1.43. The van der Waals surface area contributed by atoms with E-state index in [-0.39, 0.29) is 27.1 Å². The summed E-state index contributed by atoms with van der Waals surface area (Å²) in [5.41, 5.74) is 11.4. The zero-order chi connectivity index (χ0) is 13.3. The van der Waals surface area contributed by atoms with Gasteiger partial charge < -0.3 is 5.73 Å². The molecular formula is C11H9Cl2FN4. The van der Waals surface area contributed by atoms with E-state index in [9.17, 15) is 4.39 Å². The van der Waals surface area contributed by atoms with E-state index in [0.29, 0.717) is 0 Å². The van der Waals surface area contributed by atoms with Gasteiger partial charge in [-0.2, -0.15) is 0 Å². The molecule has 1 aromatic heterocycles. The van der Waals surface area contributed by atoms with Crippen molar-refractivity contribution in [1.29, 1.82) is 0 Å². The summed E-state index contributed by atoms with van der Waals surface area (Å²) in [7, 11) is 0. The van der Waals surface area contributed by atoms with E-state index < -0.39 is 5.79 Å². The average Bonchev–Trinajstić information content (AvgIpc) is 2.37. The Morgan fingerprint density at radius 1 is 1.11 bits per heavy atom. The second kappa shape index (κ2) is 4.68. The van der Waals surface area contributed by atoms with Crippen molar-refractivity contribution in [2.24, 2.45) is 5.73 Å². The molecule has 0 radical (unpaired) electrons. The molecule has 2 aromatic rings. The normalized spacial score (nSPS) is 14.2. The number of benzene rings is 1. The van der Waals surface area contributed by atoms with E-state index in [0.717, 1.165) is 0 Å². The average molecular weight is 287 g/mol. The summed E-state index contributed by atoms with van der Waals surface area (Å²) >= 11 is 11.8. The summed E-state index contributed by atoms with van der Waals surface area (Å²) in [4.78, 5) is 7.55. The number of alkyl halides is 1. The molecule has 0 bridgehead atoms. The number of halogens is 3. The van der Waals surface area contributed by atoms with Gasteiger partial charge in [-0.3, -0.25) is 5.73 Å². The van der Waals surface area contributed by atoms with Gasteiger partial charge in [0.15, 0.2) is 5.82 Å². The Labute approximate surface area is 113 Å². The van der Waals surface area contributed by atoms with Crippen LogP contribution in [0, 0.1) is 0 Å². The molecule has 4 N–H and O–H groups in total. The van der Waals surface area contributed by atoms with Crippen LogP contribution in [0.1, 0.15) is 11.4 Å². The SMILES string of the molecule is Nc1ccc([C@](N)(F)c2ncccn2)c(Cl)c1Cl. The van der Waals surface area contributed by atoms with E-state index in [1.165, 1.54) is 24.5 Å². The summed E-state index contributed by atoms with van der Waals surface area (Å²) < 4.78 is 14.6. The first kappa shape index (κ1) is 13.0. The van der Waals surface area contributed by atoms with Crippen molar-refractivity contribution in [3.8, 4) is 0 Å². The fourth-order valence-corrected chi connectivity index (χ4v) is 1.93. The van der Waals surface area contributed by atoms with E-state index in [4.69, 9.17) is 34.7 Å². The molecule has 0 saturated heterocycles. The van der Waals surface area contributed by atoms with Crippen molar-refractivity contribution in [3.05, 3.63) is 52.0 Å². The molecule has 4 nitrogen and oxygen atoms in total. The summed E-state index contributed by atoms with van der Waals surface area (Å²) in [6.07, 6.45) is 2.77. The molecular weight excluding hydrogens is 278 g/mol. The lowest BCUT2D eigenvalue weighted by atomic mass is 10.0. The van der Waals surface area contributed by atoms with Gasteiger partial charge in [-0.25, -0.2) is 14.4 Å². The second-order valence-electron chi connectivity index (χ2n) is 3.61. The van der Waals surface area contributed by atoms with E-state index in [1.807, 2.05) is 0 Å². The molecule has 1 heterocycles. The molecule has 0 aliphatic heterocycles. The number of rotatable bonds is 2. The molecule has 1 aromatic carbocycles. The van der Waals surface area contributed by atoms with Gasteiger partial charge in [0.05, 0.1) is 15.7 Å². The largest absolute Gasteiger partial charge is 0.397 e. The molecule has 18 heavy (non-hydrogen) atoms. The number of hydrogen-bond donors (Lipinski definition) is 2. The predicted molar refractivity (Wildman–Crippen MR) is 69.0 cm³/mol. The highest BCUT2D eigenvalue weighted by Crippen LogP contribution is 2.38. The first-order chi connectivity index (χ1) is 8.44. The van der Waals surface area contributed by atoms with Crippen LogP contribution >= 0.6 is 23.2 Å². The van der Waals surface area contributed by atoms with Gasteiger partial charge in [0.1, 0.15) is 0 Å². The minimum Gasteiger partial charge on any atom is -0.397 e. The van der Waals surface area contributed by atoms with E-state index >= 15 is 0 Å². The van der Waals surface area contributed by atoms with Crippen molar-refractivity contribution < 1.29 is 4.39 Å². The maximum Gasteiger partial charge on any atom is 0.246 e. The molecule has 2 rings (SSSR count). The highest BCUT2D eigenvalue weighted by Gasteiger charge is 2.35. The van der Waals surface area contributed by atoms with Crippen LogP contribution in [-0.2, 0) is 5.79 Å². The van der Waals surface area contributed by atoms with Gasteiger partial charge in [-0.1, -0.05) is 29.3 Å². The third-order valence-electron chi connectivity index (χ3n) is 2.40. The zero-order valence-corrected chi connectivity index (χ0v) is 10.6. The fraction of sp³-hybridized carbons (Fsp3) is 0.0909. The Morgan fingerprint density at radius 2 is 1.72 bits per heavy atom. The third-order valence-corrected chi connectivity index (χ3v) is 3.29. The smallest absolute Gasteiger partial charge is 0.246 e. The molecule has 0 aliphatic rings. The monoisotopic (exact) mass is 286 g/mol. The number of nitrogens with zero attached hydrogens (tertiary/aromatic N) is 2. The number of anilines is 1. The lowest BCUT2D eigenvalue weighted by Gasteiger charge is -2.21. The number of nitrogen functional groups attached to an aromatic ring is 1. The quantitative estimate of drug-likeness (QED) is 0.657. The van der Waals surface area contributed by atoms with Crippen molar-refractivity contribution in [3.63, 3.8) is 0 Å². The lowest BCUT2D eigenvalue weighted by molar-refractivity contribution is 0.218. The molecule has 0 spiro atoms. The molecule has 0 unspecified atom stereocenters. The van der Waals surface area contributed by atoms with E-state index in [1.54, 1.807) is 6.07 Å². The van der Waals surface area contributed by atoms with Crippen molar-refractivity contribution >= 4 is 28.9 Å². The lowest BCUT2D eigenvalue weighted by Crippen LogP contribution is -2.35. The highest BCUT2D eigenvalue weighted by molar-refractivity contribution is 6.44. The van der Waals surface area contributed by atoms with Gasteiger partial charge in [-0.05, 0) is 12.1 Å². The molecule has 94 valence electrons. The van der Waals surface area contributed by atoms with Crippen LogP contribution in [0.3, 0.4) is 0 Å².